The van der Waals surface area contributed by atoms with E-state index in [0.717, 1.165) is 26.7 Å². The van der Waals surface area contributed by atoms with Crippen LogP contribution in [0.2, 0.25) is 0 Å². The molecule has 0 saturated heterocycles. The van der Waals surface area contributed by atoms with Crippen LogP contribution in [0.1, 0.15) is 52.9 Å². The summed E-state index contributed by atoms with van der Waals surface area (Å²) in [5.41, 5.74) is 0. The van der Waals surface area contributed by atoms with Gasteiger partial charge in [-0.05, 0) is 20.3 Å². The van der Waals surface area contributed by atoms with Crippen LogP contribution in [0.25, 0.3) is 0 Å². The number of unbranched alkanes of at least 4 members (excludes halogenated alkanes) is 2. The minimum absolute atomic E-state index is 0.314. The minimum Gasteiger partial charge on any atom is -0.396 e. The van der Waals surface area contributed by atoms with E-state index in [-0.39, 0.29) is 0 Å². The molecule has 0 aromatic heterocycles. The number of rotatable bonds is 10. The summed E-state index contributed by atoms with van der Waals surface area (Å²) in [6, 6.07) is 0. The molecule has 0 bridgehead atoms. The molecule has 8 nitrogen and oxygen atoms in total. The maximum absolute atomic E-state index is 11.4. The van der Waals surface area contributed by atoms with Crippen molar-refractivity contribution < 1.29 is 39.5 Å². The fraction of sp³-hybridized carbons (Fsp3) is 0.857. The lowest BCUT2D eigenvalue weighted by Gasteiger charge is -2.29. The normalized spacial score (nSPS) is 18.0. The summed E-state index contributed by atoms with van der Waals surface area (Å²) in [5, 5.41) is 38.1. The lowest BCUT2D eigenvalue weighted by molar-refractivity contribution is -0.338. The van der Waals surface area contributed by atoms with Gasteiger partial charge in [-0.25, -0.2) is 9.59 Å². The van der Waals surface area contributed by atoms with E-state index in [1.165, 1.54) is 0 Å². The van der Waals surface area contributed by atoms with E-state index in [2.05, 4.69) is 9.47 Å². The molecule has 8 heteroatoms. The monoisotopic (exact) mass is 322 g/mol. The summed E-state index contributed by atoms with van der Waals surface area (Å²) >= 11 is 0. The highest BCUT2D eigenvalue weighted by atomic mass is 16.8. The van der Waals surface area contributed by atoms with Crippen LogP contribution in [0.3, 0.4) is 0 Å². The molecule has 130 valence electrons. The van der Waals surface area contributed by atoms with Crippen LogP contribution in [-0.4, -0.2) is 56.6 Å². The summed E-state index contributed by atoms with van der Waals surface area (Å²) < 4.78 is 9.10. The first kappa shape index (κ1) is 20.8. The zero-order valence-electron chi connectivity index (χ0n) is 13.2. The first-order chi connectivity index (χ1) is 10.1. The summed E-state index contributed by atoms with van der Waals surface area (Å²) in [5.74, 6) is -5.18. The van der Waals surface area contributed by atoms with Gasteiger partial charge < -0.3 is 29.9 Å². The van der Waals surface area contributed by atoms with E-state index in [1.54, 1.807) is 0 Å². The van der Waals surface area contributed by atoms with Crippen LogP contribution in [0.15, 0.2) is 0 Å². The maximum Gasteiger partial charge on any atom is 0.375 e. The van der Waals surface area contributed by atoms with Crippen molar-refractivity contribution in [3.8, 4) is 0 Å². The third-order valence-corrected chi connectivity index (χ3v) is 2.84. The second-order valence-corrected chi connectivity index (χ2v) is 5.26. The van der Waals surface area contributed by atoms with Crippen molar-refractivity contribution in [2.45, 2.75) is 77.2 Å². The highest BCUT2D eigenvalue weighted by molar-refractivity contribution is 5.76. The number of esters is 2. The smallest absolute Gasteiger partial charge is 0.375 e. The highest BCUT2D eigenvalue weighted by Gasteiger charge is 2.40. The molecule has 0 spiro atoms. The number of hydrogen-bond acceptors (Lipinski definition) is 8. The van der Waals surface area contributed by atoms with Crippen molar-refractivity contribution in [2.24, 2.45) is 0 Å². The molecule has 0 aromatic carbocycles. The zero-order chi connectivity index (χ0) is 17.3. The Kier molecular flexibility index (Phi) is 9.19. The van der Waals surface area contributed by atoms with E-state index < -0.39 is 42.6 Å². The van der Waals surface area contributed by atoms with Gasteiger partial charge in [-0.1, -0.05) is 26.2 Å². The fourth-order valence-corrected chi connectivity index (χ4v) is 1.62. The van der Waals surface area contributed by atoms with Crippen LogP contribution in [-0.2, 0) is 19.1 Å². The van der Waals surface area contributed by atoms with Crippen LogP contribution < -0.4 is 0 Å². The SMILES string of the molecule is CCCCCC(O)CC(O)(OC(=O)C(C)O)OC(=O)C(C)O. The number of hydrogen-bond donors (Lipinski definition) is 4. The quantitative estimate of drug-likeness (QED) is 0.247. The molecule has 0 aromatic rings. The summed E-state index contributed by atoms with van der Waals surface area (Å²) in [6.07, 6.45) is -1.95. The van der Waals surface area contributed by atoms with E-state index in [0.29, 0.717) is 12.8 Å². The van der Waals surface area contributed by atoms with Gasteiger partial charge in [-0.2, -0.15) is 0 Å². The summed E-state index contributed by atoms with van der Waals surface area (Å²) in [7, 11) is 0. The molecule has 0 fully saturated rings. The van der Waals surface area contributed by atoms with Crippen molar-refractivity contribution in [3.63, 3.8) is 0 Å². The molecule has 0 radical (unpaired) electrons. The Morgan fingerprint density at radius 2 is 1.45 bits per heavy atom. The highest BCUT2D eigenvalue weighted by Crippen LogP contribution is 2.21. The Labute approximate surface area is 129 Å². The lowest BCUT2D eigenvalue weighted by atomic mass is 10.1. The van der Waals surface area contributed by atoms with Gasteiger partial charge in [-0.3, -0.25) is 0 Å². The second kappa shape index (κ2) is 9.73. The van der Waals surface area contributed by atoms with Gasteiger partial charge in [0.2, 0.25) is 0 Å². The molecule has 22 heavy (non-hydrogen) atoms. The average Bonchev–Trinajstić information content (AvgIpc) is 2.37. The molecule has 3 unspecified atom stereocenters. The molecular formula is C14H26O8. The first-order valence-electron chi connectivity index (χ1n) is 7.33. The molecular weight excluding hydrogens is 296 g/mol. The summed E-state index contributed by atoms with van der Waals surface area (Å²) in [4.78, 5) is 22.8. The predicted molar refractivity (Wildman–Crippen MR) is 75.3 cm³/mol. The Bertz CT molecular complexity index is 331. The number of aliphatic hydroxyl groups excluding tert-OH is 3. The molecule has 0 aliphatic rings. The van der Waals surface area contributed by atoms with Gasteiger partial charge in [0.25, 0.3) is 0 Å². The minimum atomic E-state index is -2.74. The molecule has 0 aliphatic heterocycles. The van der Waals surface area contributed by atoms with Gasteiger partial charge in [-0.15, -0.1) is 0 Å². The Morgan fingerprint density at radius 1 is 1.00 bits per heavy atom. The number of aliphatic hydroxyl groups is 4. The first-order valence-corrected chi connectivity index (χ1v) is 7.33. The molecule has 0 amide bonds. The Hall–Kier alpha value is -1.22. The molecule has 0 saturated carbocycles. The molecule has 0 rings (SSSR count). The van der Waals surface area contributed by atoms with E-state index in [1.807, 2.05) is 6.92 Å². The van der Waals surface area contributed by atoms with Crippen LogP contribution >= 0.6 is 0 Å². The third kappa shape index (κ3) is 8.28. The maximum atomic E-state index is 11.4. The van der Waals surface area contributed by atoms with Crippen LogP contribution in [0, 0.1) is 0 Å². The Morgan fingerprint density at radius 3 is 1.82 bits per heavy atom. The molecule has 4 N–H and O–H groups in total. The van der Waals surface area contributed by atoms with Crippen molar-refractivity contribution in [1.29, 1.82) is 0 Å². The van der Waals surface area contributed by atoms with E-state index in [9.17, 15) is 19.8 Å². The zero-order valence-corrected chi connectivity index (χ0v) is 13.2. The van der Waals surface area contributed by atoms with Crippen molar-refractivity contribution in [3.05, 3.63) is 0 Å². The predicted octanol–water partition coefficient (Wildman–Crippen LogP) is -0.188. The van der Waals surface area contributed by atoms with Gasteiger partial charge in [0, 0.05) is 0 Å². The largest absolute Gasteiger partial charge is 0.396 e. The lowest BCUT2D eigenvalue weighted by Crippen LogP contribution is -2.46. The third-order valence-electron chi connectivity index (χ3n) is 2.84. The number of carbonyl (C=O) groups excluding carboxylic acids is 2. The summed E-state index contributed by atoms with van der Waals surface area (Å²) in [6.45, 7) is 4.20. The molecule has 0 aliphatic carbocycles. The van der Waals surface area contributed by atoms with Gasteiger partial charge in [0.1, 0.15) is 12.2 Å². The number of carbonyl (C=O) groups is 2. The van der Waals surface area contributed by atoms with E-state index >= 15 is 0 Å². The Balaban J connectivity index is 4.83. The van der Waals surface area contributed by atoms with Crippen LogP contribution in [0.5, 0.6) is 0 Å². The van der Waals surface area contributed by atoms with Gasteiger partial charge in [0.15, 0.2) is 0 Å². The van der Waals surface area contributed by atoms with Crippen molar-refractivity contribution >= 4 is 11.9 Å². The van der Waals surface area contributed by atoms with E-state index in [4.69, 9.17) is 10.2 Å². The second-order valence-electron chi connectivity index (χ2n) is 5.26. The van der Waals surface area contributed by atoms with Gasteiger partial charge in [0.05, 0.1) is 12.5 Å². The topological polar surface area (TPSA) is 134 Å². The van der Waals surface area contributed by atoms with Gasteiger partial charge >= 0.3 is 17.9 Å². The van der Waals surface area contributed by atoms with Crippen molar-refractivity contribution in [1.82, 2.24) is 0 Å². The standard InChI is InChI=1S/C14H26O8/c1-4-5-6-7-11(17)8-14(20,21-12(18)9(2)15)22-13(19)10(3)16/h9-11,15-17,20H,4-8H2,1-3H3. The van der Waals surface area contributed by atoms with Crippen LogP contribution in [0.4, 0.5) is 0 Å². The molecule has 3 atom stereocenters. The number of ether oxygens (including phenoxy) is 2. The average molecular weight is 322 g/mol. The molecule has 0 heterocycles. The van der Waals surface area contributed by atoms with Crippen molar-refractivity contribution in [2.75, 3.05) is 0 Å². The fourth-order valence-electron chi connectivity index (χ4n) is 1.62.